The monoisotopic (exact) mass is 234 g/mol. The highest BCUT2D eigenvalue weighted by molar-refractivity contribution is 5.81. The molecule has 2 unspecified atom stereocenters. The Labute approximate surface area is 102 Å². The molecule has 17 heavy (non-hydrogen) atoms. The maximum Gasteiger partial charge on any atom is 0.237 e. The highest BCUT2D eigenvalue weighted by Crippen LogP contribution is 2.07. The maximum absolute atomic E-state index is 11.6. The lowest BCUT2D eigenvalue weighted by atomic mass is 10.1. The first-order chi connectivity index (χ1) is 8.17. The number of nitriles is 1. The van der Waals surface area contributed by atoms with Crippen LogP contribution in [-0.2, 0) is 11.2 Å². The van der Waals surface area contributed by atoms with Gasteiger partial charge in [0.25, 0.3) is 0 Å². The quantitative estimate of drug-likeness (QED) is 0.821. The average Bonchev–Trinajstić information content (AvgIpc) is 2.81. The summed E-state index contributed by atoms with van der Waals surface area (Å²) < 4.78 is 5.21. The van der Waals surface area contributed by atoms with Crippen molar-refractivity contribution in [1.82, 2.24) is 5.32 Å². The van der Waals surface area contributed by atoms with Crippen molar-refractivity contribution in [3.05, 3.63) is 24.2 Å². The Morgan fingerprint density at radius 1 is 1.65 bits per heavy atom. The highest BCUT2D eigenvalue weighted by atomic mass is 16.3. The number of nitrogens with zero attached hydrogens (tertiary/aromatic N) is 1. The molecule has 0 aliphatic carbocycles. The average molecular weight is 234 g/mol. The SMILES string of the molecule is CCC(C#N)C(=O)NC(C)CCc1ccco1. The van der Waals surface area contributed by atoms with Crippen LogP contribution in [0.2, 0.25) is 0 Å². The highest BCUT2D eigenvalue weighted by Gasteiger charge is 2.17. The molecule has 2 atom stereocenters. The largest absolute Gasteiger partial charge is 0.469 e. The summed E-state index contributed by atoms with van der Waals surface area (Å²) in [7, 11) is 0. The number of carbonyl (C=O) groups is 1. The lowest BCUT2D eigenvalue weighted by Gasteiger charge is -2.14. The van der Waals surface area contributed by atoms with Gasteiger partial charge in [-0.3, -0.25) is 4.79 Å². The van der Waals surface area contributed by atoms with Crippen molar-refractivity contribution in [2.24, 2.45) is 5.92 Å². The summed E-state index contributed by atoms with van der Waals surface area (Å²) in [4.78, 5) is 11.6. The van der Waals surface area contributed by atoms with Crippen LogP contribution in [0.1, 0.15) is 32.4 Å². The van der Waals surface area contributed by atoms with Gasteiger partial charge in [0.1, 0.15) is 11.7 Å². The van der Waals surface area contributed by atoms with E-state index < -0.39 is 5.92 Å². The Morgan fingerprint density at radius 3 is 2.94 bits per heavy atom. The third-order valence-electron chi connectivity index (χ3n) is 2.67. The molecule has 0 aliphatic heterocycles. The van der Waals surface area contributed by atoms with Gasteiger partial charge in [-0.05, 0) is 31.9 Å². The normalized spacial score (nSPS) is 13.7. The van der Waals surface area contributed by atoms with E-state index in [2.05, 4.69) is 5.32 Å². The molecule has 0 aromatic carbocycles. The molecule has 0 saturated heterocycles. The Balaban J connectivity index is 2.32. The molecular formula is C13H18N2O2. The number of hydrogen-bond donors (Lipinski definition) is 1. The van der Waals surface area contributed by atoms with Crippen LogP contribution in [0, 0.1) is 17.2 Å². The summed E-state index contributed by atoms with van der Waals surface area (Å²) in [6, 6.07) is 5.81. The van der Waals surface area contributed by atoms with Gasteiger partial charge in [0.2, 0.25) is 5.91 Å². The molecule has 4 nitrogen and oxygen atoms in total. The Bertz CT molecular complexity index is 379. The second kappa shape index (κ2) is 6.74. The number of nitrogens with one attached hydrogen (secondary N) is 1. The van der Waals surface area contributed by atoms with E-state index in [0.717, 1.165) is 18.6 Å². The van der Waals surface area contributed by atoms with Crippen molar-refractivity contribution in [1.29, 1.82) is 5.26 Å². The van der Waals surface area contributed by atoms with Crippen LogP contribution in [0.4, 0.5) is 0 Å². The number of carbonyl (C=O) groups excluding carboxylic acids is 1. The van der Waals surface area contributed by atoms with Crippen LogP contribution in [0.5, 0.6) is 0 Å². The van der Waals surface area contributed by atoms with E-state index in [1.807, 2.05) is 32.0 Å². The van der Waals surface area contributed by atoms with Gasteiger partial charge in [-0.15, -0.1) is 0 Å². The van der Waals surface area contributed by atoms with E-state index in [1.54, 1.807) is 6.26 Å². The summed E-state index contributed by atoms with van der Waals surface area (Å²) in [5.74, 6) is 0.196. The van der Waals surface area contributed by atoms with Gasteiger partial charge >= 0.3 is 0 Å². The fourth-order valence-corrected chi connectivity index (χ4v) is 1.56. The molecule has 1 aromatic heterocycles. The second-order valence-electron chi connectivity index (χ2n) is 4.12. The molecule has 0 spiro atoms. The number of aryl methyl sites for hydroxylation is 1. The number of rotatable bonds is 6. The molecule has 1 rings (SSSR count). The predicted octanol–water partition coefficient (Wildman–Crippen LogP) is 2.27. The molecule has 0 fully saturated rings. The minimum absolute atomic E-state index is 0.0509. The van der Waals surface area contributed by atoms with Gasteiger partial charge in [-0.2, -0.15) is 5.26 Å². The van der Waals surface area contributed by atoms with Crippen molar-refractivity contribution in [3.63, 3.8) is 0 Å². The van der Waals surface area contributed by atoms with Crippen molar-refractivity contribution in [2.45, 2.75) is 39.2 Å². The van der Waals surface area contributed by atoms with Crippen molar-refractivity contribution >= 4 is 5.91 Å². The molecule has 1 aromatic rings. The summed E-state index contributed by atoms with van der Waals surface area (Å²) in [6.07, 6.45) is 3.79. The zero-order valence-corrected chi connectivity index (χ0v) is 10.3. The first-order valence-corrected chi connectivity index (χ1v) is 5.89. The van der Waals surface area contributed by atoms with Crippen LogP contribution in [0.3, 0.4) is 0 Å². The van der Waals surface area contributed by atoms with Gasteiger partial charge < -0.3 is 9.73 Å². The van der Waals surface area contributed by atoms with Gasteiger partial charge in [0, 0.05) is 12.5 Å². The number of hydrogen-bond acceptors (Lipinski definition) is 3. The Kier molecular flexibility index (Phi) is 5.28. The van der Waals surface area contributed by atoms with E-state index in [1.165, 1.54) is 0 Å². The zero-order valence-electron chi connectivity index (χ0n) is 10.3. The second-order valence-corrected chi connectivity index (χ2v) is 4.12. The molecule has 92 valence electrons. The fourth-order valence-electron chi connectivity index (χ4n) is 1.56. The van der Waals surface area contributed by atoms with E-state index in [-0.39, 0.29) is 11.9 Å². The van der Waals surface area contributed by atoms with Gasteiger partial charge in [0.15, 0.2) is 0 Å². The Morgan fingerprint density at radius 2 is 2.41 bits per heavy atom. The van der Waals surface area contributed by atoms with E-state index >= 15 is 0 Å². The molecule has 0 saturated carbocycles. The summed E-state index contributed by atoms with van der Waals surface area (Å²) >= 11 is 0. The third kappa shape index (κ3) is 4.31. The predicted molar refractivity (Wildman–Crippen MR) is 64.0 cm³/mol. The number of furan rings is 1. The minimum atomic E-state index is -0.541. The van der Waals surface area contributed by atoms with Crippen LogP contribution < -0.4 is 5.32 Å². The van der Waals surface area contributed by atoms with Crippen molar-refractivity contribution in [2.75, 3.05) is 0 Å². The summed E-state index contributed by atoms with van der Waals surface area (Å²) in [5.41, 5.74) is 0. The van der Waals surface area contributed by atoms with E-state index in [4.69, 9.17) is 9.68 Å². The molecular weight excluding hydrogens is 216 g/mol. The first kappa shape index (κ1) is 13.3. The molecule has 0 bridgehead atoms. The molecule has 1 heterocycles. The van der Waals surface area contributed by atoms with Gasteiger partial charge in [-0.25, -0.2) is 0 Å². The Hall–Kier alpha value is -1.76. The molecule has 1 amide bonds. The summed E-state index contributed by atoms with van der Waals surface area (Å²) in [5, 5.41) is 11.6. The standard InChI is InChI=1S/C13H18N2O2/c1-3-11(9-14)13(16)15-10(2)6-7-12-5-4-8-17-12/h4-5,8,10-11H,3,6-7H2,1-2H3,(H,15,16). The molecule has 1 N–H and O–H groups in total. The van der Waals surface area contributed by atoms with Crippen molar-refractivity contribution in [3.8, 4) is 6.07 Å². The summed E-state index contributed by atoms with van der Waals surface area (Å²) in [6.45, 7) is 3.77. The zero-order chi connectivity index (χ0) is 12.7. The lowest BCUT2D eigenvalue weighted by molar-refractivity contribution is -0.124. The first-order valence-electron chi connectivity index (χ1n) is 5.89. The van der Waals surface area contributed by atoms with Crippen molar-refractivity contribution < 1.29 is 9.21 Å². The van der Waals surface area contributed by atoms with E-state index in [0.29, 0.717) is 6.42 Å². The van der Waals surface area contributed by atoms with E-state index in [9.17, 15) is 4.79 Å². The van der Waals surface area contributed by atoms with Gasteiger partial charge in [-0.1, -0.05) is 6.92 Å². The maximum atomic E-state index is 11.6. The molecule has 4 heteroatoms. The van der Waals surface area contributed by atoms with Crippen LogP contribution in [0.25, 0.3) is 0 Å². The third-order valence-corrected chi connectivity index (χ3v) is 2.67. The minimum Gasteiger partial charge on any atom is -0.469 e. The fraction of sp³-hybridized carbons (Fsp3) is 0.538. The smallest absolute Gasteiger partial charge is 0.237 e. The molecule has 0 aliphatic rings. The van der Waals surface area contributed by atoms with Crippen LogP contribution in [0.15, 0.2) is 22.8 Å². The molecule has 0 radical (unpaired) electrons. The van der Waals surface area contributed by atoms with Crippen LogP contribution in [-0.4, -0.2) is 11.9 Å². The van der Waals surface area contributed by atoms with Crippen LogP contribution >= 0.6 is 0 Å². The lowest BCUT2D eigenvalue weighted by Crippen LogP contribution is -2.36. The number of amides is 1. The topological polar surface area (TPSA) is 66.0 Å². The van der Waals surface area contributed by atoms with Gasteiger partial charge in [0.05, 0.1) is 12.3 Å².